The minimum Gasteiger partial charge on any atom is -0.331 e. The number of carbonyl (C=O) groups is 1. The lowest BCUT2D eigenvalue weighted by atomic mass is 9.97. The summed E-state index contributed by atoms with van der Waals surface area (Å²) in [6.07, 6.45) is 1.73. The van der Waals surface area contributed by atoms with Crippen molar-refractivity contribution < 1.29 is 4.79 Å². The summed E-state index contributed by atoms with van der Waals surface area (Å²) in [6, 6.07) is 3.66. The summed E-state index contributed by atoms with van der Waals surface area (Å²) in [6.45, 7) is 2.76. The van der Waals surface area contributed by atoms with Crippen LogP contribution in [0.5, 0.6) is 0 Å². The van der Waals surface area contributed by atoms with E-state index in [9.17, 15) is 4.79 Å². The molecule has 0 aliphatic carbocycles. The van der Waals surface area contributed by atoms with Crippen LogP contribution in [0.1, 0.15) is 40.2 Å². The summed E-state index contributed by atoms with van der Waals surface area (Å²) >= 11 is 13.6. The molecule has 0 N–H and O–H groups in total. The van der Waals surface area contributed by atoms with E-state index < -0.39 is 0 Å². The first-order valence-corrected chi connectivity index (χ1v) is 8.31. The van der Waals surface area contributed by atoms with Crippen LogP contribution in [0, 0.1) is 0 Å². The van der Waals surface area contributed by atoms with Crippen LogP contribution in [-0.2, 0) is 6.42 Å². The summed E-state index contributed by atoms with van der Waals surface area (Å²) in [4.78, 5) is 16.0. The van der Waals surface area contributed by atoms with Gasteiger partial charge in [-0.15, -0.1) is 21.5 Å². The lowest BCUT2D eigenvalue weighted by Crippen LogP contribution is -2.39. The Morgan fingerprint density at radius 1 is 1.48 bits per heavy atom. The smallest absolute Gasteiger partial charge is 0.257 e. The monoisotopic (exact) mass is 341 g/mol. The Hall–Kier alpha value is -1.17. The molecule has 1 aliphatic rings. The van der Waals surface area contributed by atoms with Gasteiger partial charge in [-0.05, 0) is 35.9 Å². The standard InChI is InChI=1S/C14H13Cl2N3OS/c1-2-10-8-4-6-21-11(8)3-5-19(10)14(20)9-7-12(15)17-18-13(9)16/h4,6-7,10H,2-3,5H2,1H3. The molecule has 0 saturated heterocycles. The van der Waals surface area contributed by atoms with Gasteiger partial charge in [0, 0.05) is 11.4 Å². The zero-order valence-corrected chi connectivity index (χ0v) is 13.7. The van der Waals surface area contributed by atoms with Crippen molar-refractivity contribution in [3.8, 4) is 0 Å². The summed E-state index contributed by atoms with van der Waals surface area (Å²) in [5.41, 5.74) is 1.56. The van der Waals surface area contributed by atoms with E-state index in [4.69, 9.17) is 23.2 Å². The number of nitrogens with zero attached hydrogens (tertiary/aromatic N) is 3. The molecule has 110 valence electrons. The van der Waals surface area contributed by atoms with Crippen molar-refractivity contribution in [1.29, 1.82) is 0 Å². The summed E-state index contributed by atoms with van der Waals surface area (Å²) in [5.74, 6) is -0.138. The van der Waals surface area contributed by atoms with Gasteiger partial charge in [0.1, 0.15) is 0 Å². The second-order valence-electron chi connectivity index (χ2n) is 4.84. The topological polar surface area (TPSA) is 46.1 Å². The number of hydrogen-bond donors (Lipinski definition) is 0. The van der Waals surface area contributed by atoms with Gasteiger partial charge in [-0.3, -0.25) is 4.79 Å². The third-order valence-corrected chi connectivity index (χ3v) is 5.15. The van der Waals surface area contributed by atoms with Crippen LogP contribution in [0.4, 0.5) is 0 Å². The van der Waals surface area contributed by atoms with Gasteiger partial charge in [0.05, 0.1) is 11.6 Å². The molecule has 1 unspecified atom stereocenters. The molecular weight excluding hydrogens is 329 g/mol. The van der Waals surface area contributed by atoms with E-state index in [1.807, 2.05) is 4.90 Å². The van der Waals surface area contributed by atoms with Crippen LogP contribution in [0.15, 0.2) is 17.5 Å². The van der Waals surface area contributed by atoms with Gasteiger partial charge in [-0.25, -0.2) is 0 Å². The molecule has 4 nitrogen and oxygen atoms in total. The van der Waals surface area contributed by atoms with Crippen molar-refractivity contribution in [2.24, 2.45) is 0 Å². The largest absolute Gasteiger partial charge is 0.331 e. The molecule has 0 saturated carbocycles. The van der Waals surface area contributed by atoms with Gasteiger partial charge in [0.2, 0.25) is 0 Å². The molecule has 1 amide bonds. The Morgan fingerprint density at radius 2 is 2.29 bits per heavy atom. The second kappa shape index (κ2) is 5.91. The molecule has 3 heterocycles. The molecule has 2 aromatic rings. The number of thiophene rings is 1. The van der Waals surface area contributed by atoms with E-state index in [0.717, 1.165) is 12.8 Å². The third kappa shape index (κ3) is 2.65. The van der Waals surface area contributed by atoms with E-state index in [1.54, 1.807) is 11.3 Å². The Labute approximate surface area is 136 Å². The van der Waals surface area contributed by atoms with Crippen molar-refractivity contribution in [2.45, 2.75) is 25.8 Å². The number of amides is 1. The zero-order valence-electron chi connectivity index (χ0n) is 11.3. The Balaban J connectivity index is 1.96. The number of hydrogen-bond acceptors (Lipinski definition) is 4. The van der Waals surface area contributed by atoms with Gasteiger partial charge < -0.3 is 4.90 Å². The molecule has 0 fully saturated rings. The van der Waals surface area contributed by atoms with E-state index in [0.29, 0.717) is 12.1 Å². The third-order valence-electron chi connectivity index (χ3n) is 3.69. The molecular formula is C14H13Cl2N3OS. The highest BCUT2D eigenvalue weighted by molar-refractivity contribution is 7.10. The summed E-state index contributed by atoms with van der Waals surface area (Å²) in [7, 11) is 0. The first kappa shape index (κ1) is 14.8. The van der Waals surface area contributed by atoms with E-state index in [2.05, 4.69) is 28.6 Å². The van der Waals surface area contributed by atoms with Crippen molar-refractivity contribution >= 4 is 40.4 Å². The zero-order chi connectivity index (χ0) is 15.0. The molecule has 0 bridgehead atoms. The molecule has 0 radical (unpaired) electrons. The highest BCUT2D eigenvalue weighted by Gasteiger charge is 2.32. The minimum absolute atomic E-state index is 0.0792. The lowest BCUT2D eigenvalue weighted by molar-refractivity contribution is 0.0657. The predicted octanol–water partition coefficient (Wildman–Crippen LogP) is 3.99. The molecule has 0 spiro atoms. The second-order valence-corrected chi connectivity index (χ2v) is 6.59. The van der Waals surface area contributed by atoms with Crippen LogP contribution >= 0.6 is 34.5 Å². The van der Waals surface area contributed by atoms with E-state index in [1.165, 1.54) is 16.5 Å². The van der Waals surface area contributed by atoms with Crippen LogP contribution in [0.3, 0.4) is 0 Å². The molecule has 7 heteroatoms. The maximum Gasteiger partial charge on any atom is 0.257 e. The van der Waals surface area contributed by atoms with Crippen LogP contribution in [0.25, 0.3) is 0 Å². The first-order chi connectivity index (χ1) is 10.1. The van der Waals surface area contributed by atoms with Gasteiger partial charge in [0.25, 0.3) is 5.91 Å². The fourth-order valence-corrected chi connectivity index (χ4v) is 3.99. The van der Waals surface area contributed by atoms with Crippen molar-refractivity contribution in [2.75, 3.05) is 6.54 Å². The van der Waals surface area contributed by atoms with Gasteiger partial charge in [0.15, 0.2) is 10.3 Å². The number of fused-ring (bicyclic) bond motifs is 1. The Bertz CT molecular complexity index is 689. The predicted molar refractivity (Wildman–Crippen MR) is 84.1 cm³/mol. The van der Waals surface area contributed by atoms with Crippen LogP contribution < -0.4 is 0 Å². The van der Waals surface area contributed by atoms with Crippen molar-refractivity contribution in [1.82, 2.24) is 15.1 Å². The molecule has 1 atom stereocenters. The summed E-state index contributed by atoms with van der Waals surface area (Å²) in [5, 5.41) is 9.71. The highest BCUT2D eigenvalue weighted by atomic mass is 35.5. The SMILES string of the molecule is CCC1c2ccsc2CCN1C(=O)c1cc(Cl)nnc1Cl. The average molecular weight is 342 g/mol. The molecule has 0 aromatic carbocycles. The van der Waals surface area contributed by atoms with Crippen LogP contribution in [0.2, 0.25) is 10.3 Å². The van der Waals surface area contributed by atoms with E-state index >= 15 is 0 Å². The lowest BCUT2D eigenvalue weighted by Gasteiger charge is -2.35. The van der Waals surface area contributed by atoms with E-state index in [-0.39, 0.29) is 22.3 Å². The first-order valence-electron chi connectivity index (χ1n) is 6.67. The highest BCUT2D eigenvalue weighted by Crippen LogP contribution is 2.36. The molecule has 3 rings (SSSR count). The molecule has 2 aromatic heterocycles. The quantitative estimate of drug-likeness (QED) is 0.829. The normalized spacial score (nSPS) is 17.7. The fourth-order valence-electron chi connectivity index (χ4n) is 2.74. The minimum atomic E-state index is -0.138. The van der Waals surface area contributed by atoms with Crippen molar-refractivity contribution in [3.63, 3.8) is 0 Å². The number of carbonyl (C=O) groups excluding carboxylic acids is 1. The molecule has 21 heavy (non-hydrogen) atoms. The number of rotatable bonds is 2. The van der Waals surface area contributed by atoms with Gasteiger partial charge in [-0.2, -0.15) is 0 Å². The van der Waals surface area contributed by atoms with Gasteiger partial charge in [-0.1, -0.05) is 30.1 Å². The Kier molecular flexibility index (Phi) is 4.15. The Morgan fingerprint density at radius 3 is 3.05 bits per heavy atom. The average Bonchev–Trinajstić information content (AvgIpc) is 2.96. The maximum atomic E-state index is 12.8. The number of halogens is 2. The van der Waals surface area contributed by atoms with Gasteiger partial charge >= 0.3 is 0 Å². The number of aromatic nitrogens is 2. The maximum absolute atomic E-state index is 12.8. The van der Waals surface area contributed by atoms with Crippen LogP contribution in [-0.4, -0.2) is 27.5 Å². The van der Waals surface area contributed by atoms with Crippen molar-refractivity contribution in [3.05, 3.63) is 43.8 Å². The fraction of sp³-hybridized carbons (Fsp3) is 0.357. The summed E-state index contributed by atoms with van der Waals surface area (Å²) < 4.78 is 0. The molecule has 1 aliphatic heterocycles.